The van der Waals surface area contributed by atoms with Gasteiger partial charge in [-0.2, -0.15) is 0 Å². The van der Waals surface area contributed by atoms with Crippen LogP contribution in [-0.2, 0) is 14.3 Å². The first kappa shape index (κ1) is 14.1. The molecule has 2 saturated heterocycles. The fourth-order valence-corrected chi connectivity index (χ4v) is 3.37. The number of ether oxygens (including phenoxy) is 1. The van der Waals surface area contributed by atoms with Crippen LogP contribution < -0.4 is 5.32 Å². The number of fused-ring (bicyclic) bond motifs is 2. The van der Waals surface area contributed by atoms with Crippen molar-refractivity contribution in [2.24, 2.45) is 11.8 Å². The van der Waals surface area contributed by atoms with Crippen LogP contribution in [0.1, 0.15) is 24.0 Å². The van der Waals surface area contributed by atoms with Gasteiger partial charge in [0, 0.05) is 5.69 Å². The second kappa shape index (κ2) is 5.15. The number of hydrogen-bond acceptors (Lipinski definition) is 3. The number of nitrogens with one attached hydrogen (secondary N) is 1. The number of carboxylic acids is 1. The maximum Gasteiger partial charge on any atom is 0.310 e. The van der Waals surface area contributed by atoms with Crippen molar-refractivity contribution in [3.8, 4) is 0 Å². The molecule has 2 fully saturated rings. The summed E-state index contributed by atoms with van der Waals surface area (Å²) in [7, 11) is 0. The number of amides is 1. The Kier molecular flexibility index (Phi) is 3.45. The summed E-state index contributed by atoms with van der Waals surface area (Å²) in [5, 5.41) is 12.2. The molecule has 2 heterocycles. The van der Waals surface area contributed by atoms with Gasteiger partial charge in [-0.15, -0.1) is 0 Å². The smallest absolute Gasteiger partial charge is 0.310 e. The minimum atomic E-state index is -0.942. The highest BCUT2D eigenvalue weighted by molar-refractivity contribution is 5.96. The average molecular weight is 289 g/mol. The molecule has 5 heteroatoms. The van der Waals surface area contributed by atoms with Gasteiger partial charge in [0.25, 0.3) is 0 Å². The topological polar surface area (TPSA) is 75.6 Å². The monoisotopic (exact) mass is 289 g/mol. The summed E-state index contributed by atoms with van der Waals surface area (Å²) in [5.41, 5.74) is 2.95. The van der Waals surface area contributed by atoms with Crippen LogP contribution in [0, 0.1) is 25.7 Å². The van der Waals surface area contributed by atoms with Crippen molar-refractivity contribution >= 4 is 17.6 Å². The first-order valence-electron chi connectivity index (χ1n) is 7.24. The second-order valence-electron chi connectivity index (χ2n) is 5.97. The summed E-state index contributed by atoms with van der Waals surface area (Å²) in [6.45, 7) is 3.98. The number of aliphatic carboxylic acids is 1. The number of anilines is 1. The zero-order valence-corrected chi connectivity index (χ0v) is 12.1. The maximum absolute atomic E-state index is 12.5. The van der Waals surface area contributed by atoms with Crippen LogP contribution in [0.3, 0.4) is 0 Å². The molecule has 1 aromatic carbocycles. The first-order chi connectivity index (χ1) is 9.97. The van der Waals surface area contributed by atoms with E-state index in [4.69, 9.17) is 4.74 Å². The largest absolute Gasteiger partial charge is 0.481 e. The zero-order valence-electron chi connectivity index (χ0n) is 12.1. The predicted molar refractivity (Wildman–Crippen MR) is 77.1 cm³/mol. The van der Waals surface area contributed by atoms with Gasteiger partial charge in [-0.25, -0.2) is 0 Å². The van der Waals surface area contributed by atoms with E-state index in [2.05, 4.69) is 5.32 Å². The Morgan fingerprint density at radius 3 is 2.43 bits per heavy atom. The quantitative estimate of drug-likeness (QED) is 0.893. The van der Waals surface area contributed by atoms with E-state index in [0.717, 1.165) is 24.0 Å². The SMILES string of the molecule is Cc1ccc(NC(=O)[C@@H]2[C@@H](C(=O)O)[C@@H]3CC[C@@H]2O3)cc1C. The van der Waals surface area contributed by atoms with Crippen molar-refractivity contribution in [3.05, 3.63) is 29.3 Å². The fraction of sp³-hybridized carbons (Fsp3) is 0.500. The number of aryl methyl sites for hydroxylation is 2. The van der Waals surface area contributed by atoms with Gasteiger partial charge >= 0.3 is 5.97 Å². The molecule has 0 spiro atoms. The van der Waals surface area contributed by atoms with Gasteiger partial charge < -0.3 is 15.2 Å². The molecule has 3 rings (SSSR count). The summed E-state index contributed by atoms with van der Waals surface area (Å²) in [5.74, 6) is -2.52. The van der Waals surface area contributed by atoms with Crippen LogP contribution in [0.2, 0.25) is 0 Å². The van der Waals surface area contributed by atoms with Crippen molar-refractivity contribution < 1.29 is 19.4 Å². The Morgan fingerprint density at radius 1 is 1.14 bits per heavy atom. The molecule has 2 aliphatic heterocycles. The molecule has 1 amide bonds. The van der Waals surface area contributed by atoms with Gasteiger partial charge in [0.05, 0.1) is 24.0 Å². The predicted octanol–water partition coefficient (Wildman–Crippen LogP) is 2.12. The summed E-state index contributed by atoms with van der Waals surface area (Å²) < 4.78 is 5.62. The molecule has 5 nitrogen and oxygen atoms in total. The summed E-state index contributed by atoms with van der Waals surface area (Å²) in [4.78, 5) is 23.9. The molecule has 21 heavy (non-hydrogen) atoms. The summed E-state index contributed by atoms with van der Waals surface area (Å²) in [6, 6.07) is 5.68. The van der Waals surface area contributed by atoms with Crippen molar-refractivity contribution in [1.29, 1.82) is 0 Å². The maximum atomic E-state index is 12.5. The molecule has 0 aromatic heterocycles. The minimum Gasteiger partial charge on any atom is -0.481 e. The van der Waals surface area contributed by atoms with Gasteiger partial charge in [-0.05, 0) is 49.9 Å². The van der Waals surface area contributed by atoms with E-state index in [1.807, 2.05) is 32.0 Å². The highest BCUT2D eigenvalue weighted by Gasteiger charge is 2.55. The number of carbonyl (C=O) groups is 2. The molecule has 2 N–H and O–H groups in total. The molecule has 1 aromatic rings. The molecule has 0 unspecified atom stereocenters. The molecule has 0 aliphatic carbocycles. The Labute approximate surface area is 123 Å². The van der Waals surface area contributed by atoms with Gasteiger partial charge in [-0.3, -0.25) is 9.59 Å². The van der Waals surface area contributed by atoms with Gasteiger partial charge in [0.1, 0.15) is 0 Å². The van der Waals surface area contributed by atoms with Gasteiger partial charge in [0.2, 0.25) is 5.91 Å². The molecule has 0 saturated carbocycles. The molecule has 2 aliphatic rings. The number of carbonyl (C=O) groups excluding carboxylic acids is 1. The van der Waals surface area contributed by atoms with E-state index in [1.165, 1.54) is 0 Å². The molecule has 2 bridgehead atoms. The number of hydrogen-bond donors (Lipinski definition) is 2. The average Bonchev–Trinajstić information content (AvgIpc) is 3.03. The summed E-state index contributed by atoms with van der Waals surface area (Å²) >= 11 is 0. The second-order valence-corrected chi connectivity index (χ2v) is 5.97. The lowest BCUT2D eigenvalue weighted by Crippen LogP contribution is -2.40. The van der Waals surface area contributed by atoms with Crippen LogP contribution in [0.4, 0.5) is 5.69 Å². The Bertz CT molecular complexity index is 598. The molecule has 4 atom stereocenters. The number of benzene rings is 1. The van der Waals surface area contributed by atoms with Crippen LogP contribution in [0.5, 0.6) is 0 Å². The van der Waals surface area contributed by atoms with Gasteiger partial charge in [0.15, 0.2) is 0 Å². The third-order valence-electron chi connectivity index (χ3n) is 4.64. The molecular weight excluding hydrogens is 270 g/mol. The summed E-state index contributed by atoms with van der Waals surface area (Å²) in [6.07, 6.45) is 0.916. The van der Waals surface area contributed by atoms with E-state index >= 15 is 0 Å². The zero-order chi connectivity index (χ0) is 15.1. The standard InChI is InChI=1S/C16H19NO4/c1-8-3-4-10(7-9(8)2)17-15(18)13-11-5-6-12(21-11)14(13)16(19)20/h3-4,7,11-14H,5-6H2,1-2H3,(H,17,18)(H,19,20)/t11-,12-,13-,14-/m0/s1. The Morgan fingerprint density at radius 2 is 1.81 bits per heavy atom. The highest BCUT2D eigenvalue weighted by atomic mass is 16.5. The Balaban J connectivity index is 1.78. The molecule has 112 valence electrons. The van der Waals surface area contributed by atoms with E-state index < -0.39 is 17.8 Å². The van der Waals surface area contributed by atoms with Crippen molar-refractivity contribution in [2.75, 3.05) is 5.32 Å². The van der Waals surface area contributed by atoms with E-state index in [9.17, 15) is 14.7 Å². The molecule has 0 radical (unpaired) electrons. The highest BCUT2D eigenvalue weighted by Crippen LogP contribution is 2.44. The normalized spacial score (nSPS) is 30.4. The third-order valence-corrected chi connectivity index (χ3v) is 4.64. The lowest BCUT2D eigenvalue weighted by atomic mass is 9.78. The van der Waals surface area contributed by atoms with E-state index in [0.29, 0.717) is 5.69 Å². The Hall–Kier alpha value is -1.88. The van der Waals surface area contributed by atoms with Crippen molar-refractivity contribution in [3.63, 3.8) is 0 Å². The van der Waals surface area contributed by atoms with Crippen LogP contribution in [-0.4, -0.2) is 29.2 Å². The first-order valence-corrected chi connectivity index (χ1v) is 7.24. The lowest BCUT2D eigenvalue weighted by Gasteiger charge is -2.24. The van der Waals surface area contributed by atoms with Crippen molar-refractivity contribution in [1.82, 2.24) is 0 Å². The lowest BCUT2D eigenvalue weighted by molar-refractivity contribution is -0.147. The van der Waals surface area contributed by atoms with Gasteiger partial charge in [-0.1, -0.05) is 6.07 Å². The van der Waals surface area contributed by atoms with E-state index in [1.54, 1.807) is 0 Å². The number of rotatable bonds is 3. The van der Waals surface area contributed by atoms with Crippen LogP contribution in [0.25, 0.3) is 0 Å². The van der Waals surface area contributed by atoms with Crippen molar-refractivity contribution in [2.45, 2.75) is 38.9 Å². The van der Waals surface area contributed by atoms with E-state index in [-0.39, 0.29) is 18.1 Å². The number of carboxylic acid groups (broad SMARTS) is 1. The third kappa shape index (κ3) is 2.42. The minimum absolute atomic E-state index is 0.252. The fourth-order valence-electron chi connectivity index (χ4n) is 3.37. The molecular formula is C16H19NO4. The van der Waals surface area contributed by atoms with Crippen LogP contribution >= 0.6 is 0 Å². The van der Waals surface area contributed by atoms with Crippen LogP contribution in [0.15, 0.2) is 18.2 Å².